The Balaban J connectivity index is 4.30. The van der Waals surface area contributed by atoms with Gasteiger partial charge < -0.3 is 0 Å². The van der Waals surface area contributed by atoms with Gasteiger partial charge in [0, 0.05) is 6.42 Å². The molecule has 0 saturated heterocycles. The molecule has 0 amide bonds. The number of rotatable bonds is 8. The van der Waals surface area contributed by atoms with Crippen molar-refractivity contribution in [1.29, 1.82) is 5.26 Å². The molecule has 0 saturated carbocycles. The highest BCUT2D eigenvalue weighted by atomic mass is 28.3. The highest BCUT2D eigenvalue weighted by Gasteiger charge is 2.28. The van der Waals surface area contributed by atoms with Gasteiger partial charge in [-0.25, -0.2) is 0 Å². The van der Waals surface area contributed by atoms with Crippen molar-refractivity contribution in [3.8, 4) is 6.07 Å². The molecule has 0 spiro atoms. The van der Waals surface area contributed by atoms with E-state index in [0.29, 0.717) is 0 Å². The zero-order chi connectivity index (χ0) is 10.9. The molecule has 0 fully saturated rings. The summed E-state index contributed by atoms with van der Waals surface area (Å²) < 4.78 is 0. The summed E-state index contributed by atoms with van der Waals surface area (Å²) in [5.74, 6) is 0. The molecule has 0 unspecified atom stereocenters. The molecule has 0 aliphatic carbocycles. The summed E-state index contributed by atoms with van der Waals surface area (Å²) in [5, 5.41) is 8.71. The van der Waals surface area contributed by atoms with Gasteiger partial charge in [-0.2, -0.15) is 5.26 Å². The van der Waals surface area contributed by atoms with Gasteiger partial charge in [0.15, 0.2) is 0 Å². The first-order chi connectivity index (χ1) is 6.74. The third-order valence-corrected chi connectivity index (χ3v) is 9.10. The van der Waals surface area contributed by atoms with Crippen LogP contribution in [0.2, 0.25) is 24.2 Å². The van der Waals surface area contributed by atoms with Crippen molar-refractivity contribution < 1.29 is 0 Å². The minimum atomic E-state index is -1.04. The van der Waals surface area contributed by atoms with Gasteiger partial charge in [0.25, 0.3) is 0 Å². The molecule has 0 aliphatic rings. The van der Waals surface area contributed by atoms with Crippen molar-refractivity contribution in [3.05, 3.63) is 0 Å². The van der Waals surface area contributed by atoms with Crippen LogP contribution in [0.15, 0.2) is 0 Å². The van der Waals surface area contributed by atoms with Crippen molar-refractivity contribution >= 4 is 8.07 Å². The summed E-state index contributed by atoms with van der Waals surface area (Å²) in [6.45, 7) is 6.87. The standard InChI is InChI=1S/C12H25NSi/c1-4-9-14(10-5-2,11-6-3)12-7-8-13/h4-7,9-12H2,1-3H3. The largest absolute Gasteiger partial charge is 0.198 e. The van der Waals surface area contributed by atoms with Crippen LogP contribution in [-0.2, 0) is 0 Å². The second-order valence-electron chi connectivity index (χ2n) is 4.41. The Kier molecular flexibility index (Phi) is 7.88. The maximum Gasteiger partial charge on any atom is 0.0618 e. The van der Waals surface area contributed by atoms with Crippen molar-refractivity contribution in [3.63, 3.8) is 0 Å². The third-order valence-electron chi connectivity index (χ3n) is 3.11. The van der Waals surface area contributed by atoms with Gasteiger partial charge >= 0.3 is 0 Å². The van der Waals surface area contributed by atoms with Crippen LogP contribution in [0.4, 0.5) is 0 Å². The lowest BCUT2D eigenvalue weighted by atomic mass is 10.5. The first-order valence-electron chi connectivity index (χ1n) is 6.11. The zero-order valence-corrected chi connectivity index (χ0v) is 11.1. The van der Waals surface area contributed by atoms with Crippen LogP contribution in [0.3, 0.4) is 0 Å². The van der Waals surface area contributed by atoms with Crippen molar-refractivity contribution in [2.75, 3.05) is 0 Å². The molecule has 14 heavy (non-hydrogen) atoms. The quantitative estimate of drug-likeness (QED) is 0.539. The normalized spacial score (nSPS) is 11.3. The van der Waals surface area contributed by atoms with E-state index < -0.39 is 8.07 Å². The summed E-state index contributed by atoms with van der Waals surface area (Å²) in [7, 11) is -1.04. The molecule has 1 nitrogen and oxygen atoms in total. The molecule has 0 aromatic heterocycles. The van der Waals surface area contributed by atoms with Gasteiger partial charge in [0.1, 0.15) is 0 Å². The first-order valence-corrected chi connectivity index (χ1v) is 8.94. The fraction of sp³-hybridized carbons (Fsp3) is 0.917. The lowest BCUT2D eigenvalue weighted by molar-refractivity contribution is 0.897. The van der Waals surface area contributed by atoms with Crippen LogP contribution in [0.1, 0.15) is 46.5 Å². The highest BCUT2D eigenvalue weighted by molar-refractivity contribution is 6.79. The SMILES string of the molecule is CCC[Si](CCC)(CCC)CCC#N. The summed E-state index contributed by atoms with van der Waals surface area (Å²) >= 11 is 0. The molecular weight excluding hydrogens is 186 g/mol. The summed E-state index contributed by atoms with van der Waals surface area (Å²) in [5.41, 5.74) is 0. The van der Waals surface area contributed by atoms with Gasteiger partial charge in [-0.3, -0.25) is 0 Å². The molecule has 82 valence electrons. The maximum atomic E-state index is 8.71. The zero-order valence-electron chi connectivity index (χ0n) is 10.1. The van der Waals surface area contributed by atoms with E-state index >= 15 is 0 Å². The molecular formula is C12H25NSi. The van der Waals surface area contributed by atoms with Gasteiger partial charge in [-0.15, -0.1) is 0 Å². The molecule has 0 aliphatic heterocycles. The van der Waals surface area contributed by atoms with Gasteiger partial charge in [0.05, 0.1) is 14.1 Å². The van der Waals surface area contributed by atoms with Crippen LogP contribution < -0.4 is 0 Å². The van der Waals surface area contributed by atoms with E-state index in [1.165, 1.54) is 43.4 Å². The van der Waals surface area contributed by atoms with Crippen LogP contribution >= 0.6 is 0 Å². The summed E-state index contributed by atoms with van der Waals surface area (Å²) in [6, 6.07) is 7.90. The van der Waals surface area contributed by atoms with Crippen molar-refractivity contribution in [2.24, 2.45) is 0 Å². The fourth-order valence-corrected chi connectivity index (χ4v) is 7.99. The molecule has 0 N–H and O–H groups in total. The second kappa shape index (κ2) is 8.05. The van der Waals surface area contributed by atoms with Gasteiger partial charge in [-0.05, 0) is 6.04 Å². The van der Waals surface area contributed by atoms with Crippen LogP contribution in [0.5, 0.6) is 0 Å². The Morgan fingerprint density at radius 2 is 1.29 bits per heavy atom. The van der Waals surface area contributed by atoms with E-state index in [-0.39, 0.29) is 0 Å². The molecule has 0 rings (SSSR count). The predicted octanol–water partition coefficient (Wildman–Crippen LogP) is 4.58. The number of nitriles is 1. The minimum absolute atomic E-state index is 0.798. The maximum absolute atomic E-state index is 8.71. The lowest BCUT2D eigenvalue weighted by Gasteiger charge is -2.30. The first kappa shape index (κ1) is 13.7. The predicted molar refractivity (Wildman–Crippen MR) is 66.1 cm³/mol. The van der Waals surface area contributed by atoms with Crippen molar-refractivity contribution in [2.45, 2.75) is 70.6 Å². The topological polar surface area (TPSA) is 23.8 Å². The van der Waals surface area contributed by atoms with E-state index in [1.807, 2.05) is 0 Å². The molecule has 0 heterocycles. The van der Waals surface area contributed by atoms with E-state index in [4.69, 9.17) is 5.26 Å². The molecule has 0 aromatic carbocycles. The molecule has 0 atom stereocenters. The second-order valence-corrected chi connectivity index (χ2v) is 9.41. The third kappa shape index (κ3) is 4.81. The van der Waals surface area contributed by atoms with Crippen LogP contribution in [0.25, 0.3) is 0 Å². The van der Waals surface area contributed by atoms with E-state index in [1.54, 1.807) is 0 Å². The van der Waals surface area contributed by atoms with Crippen LogP contribution in [-0.4, -0.2) is 8.07 Å². The average Bonchev–Trinajstić information content (AvgIpc) is 2.16. The monoisotopic (exact) mass is 211 g/mol. The Bertz CT molecular complexity index is 155. The molecule has 0 bridgehead atoms. The highest BCUT2D eigenvalue weighted by Crippen LogP contribution is 2.31. The van der Waals surface area contributed by atoms with E-state index in [9.17, 15) is 0 Å². The Hall–Kier alpha value is -0.293. The van der Waals surface area contributed by atoms with Gasteiger partial charge in [-0.1, -0.05) is 58.2 Å². The minimum Gasteiger partial charge on any atom is -0.198 e. The lowest BCUT2D eigenvalue weighted by Crippen LogP contribution is -2.33. The molecule has 0 aromatic rings. The molecule has 0 radical (unpaired) electrons. The van der Waals surface area contributed by atoms with E-state index in [0.717, 1.165) is 6.42 Å². The summed E-state index contributed by atoms with van der Waals surface area (Å²) in [6.07, 6.45) is 4.75. The average molecular weight is 211 g/mol. The Morgan fingerprint density at radius 3 is 1.57 bits per heavy atom. The Morgan fingerprint density at radius 1 is 0.857 bits per heavy atom. The number of hydrogen-bond donors (Lipinski definition) is 0. The number of hydrogen-bond acceptors (Lipinski definition) is 1. The van der Waals surface area contributed by atoms with E-state index in [2.05, 4.69) is 26.8 Å². The van der Waals surface area contributed by atoms with Crippen LogP contribution in [0, 0.1) is 11.3 Å². The number of nitrogens with zero attached hydrogens (tertiary/aromatic N) is 1. The fourth-order valence-electron chi connectivity index (χ4n) is 2.66. The summed E-state index contributed by atoms with van der Waals surface area (Å²) in [4.78, 5) is 0. The van der Waals surface area contributed by atoms with Gasteiger partial charge in [0.2, 0.25) is 0 Å². The van der Waals surface area contributed by atoms with Crippen molar-refractivity contribution in [1.82, 2.24) is 0 Å². The smallest absolute Gasteiger partial charge is 0.0618 e. The Labute approximate surface area is 90.5 Å². The molecule has 2 heteroatoms.